The number of likely N-dealkylation sites (N-methyl/N-ethyl adjacent to an activating group) is 1. The third-order valence-electron chi connectivity index (χ3n) is 4.69. The van der Waals surface area contributed by atoms with Gasteiger partial charge in [-0.15, -0.1) is 0 Å². The Hall–Kier alpha value is -2.48. The number of nitrogens with zero attached hydrogens (tertiary/aromatic N) is 1. The van der Waals surface area contributed by atoms with E-state index in [9.17, 15) is 34.8 Å². The van der Waals surface area contributed by atoms with E-state index >= 15 is 0 Å². The van der Waals surface area contributed by atoms with Crippen LogP contribution in [0.3, 0.4) is 0 Å². The maximum atomic E-state index is 13.5. The summed E-state index contributed by atoms with van der Waals surface area (Å²) in [6, 6.07) is 7.48. The number of alkyl halides is 3. The van der Waals surface area contributed by atoms with Crippen LogP contribution in [0.2, 0.25) is 0 Å². The van der Waals surface area contributed by atoms with Gasteiger partial charge >= 0.3 is 12.1 Å². The largest absolute Gasteiger partial charge is 0.480 e. The summed E-state index contributed by atoms with van der Waals surface area (Å²) in [6.07, 6.45) is -5.06. The molecule has 0 spiro atoms. The van der Waals surface area contributed by atoms with Crippen LogP contribution in [0.15, 0.2) is 63.2 Å². The highest BCUT2D eigenvalue weighted by molar-refractivity contribution is 7.91. The van der Waals surface area contributed by atoms with E-state index in [-0.39, 0.29) is 11.4 Å². The number of sulfonamides is 1. The topological polar surface area (TPSA) is 121 Å². The molecule has 0 fully saturated rings. The van der Waals surface area contributed by atoms with Crippen molar-refractivity contribution in [3.63, 3.8) is 0 Å². The van der Waals surface area contributed by atoms with Gasteiger partial charge in [0.25, 0.3) is 0 Å². The molecular formula is C19H21F3N2O6S2. The zero-order valence-electron chi connectivity index (χ0n) is 17.0. The van der Waals surface area contributed by atoms with Crippen molar-refractivity contribution in [1.29, 1.82) is 0 Å². The van der Waals surface area contributed by atoms with Gasteiger partial charge in [-0.05, 0) is 44.3 Å². The maximum absolute atomic E-state index is 13.5. The van der Waals surface area contributed by atoms with Crippen LogP contribution in [0.25, 0.3) is 0 Å². The van der Waals surface area contributed by atoms with Crippen molar-refractivity contribution >= 4 is 25.8 Å². The number of benzene rings is 2. The van der Waals surface area contributed by atoms with Crippen LogP contribution >= 0.6 is 0 Å². The Morgan fingerprint density at radius 1 is 1.06 bits per heavy atom. The van der Waals surface area contributed by atoms with Gasteiger partial charge < -0.3 is 5.11 Å². The number of hydrogen-bond donors (Lipinski definition) is 2. The van der Waals surface area contributed by atoms with Gasteiger partial charge in [-0.3, -0.25) is 9.69 Å². The second-order valence-corrected chi connectivity index (χ2v) is 10.5. The van der Waals surface area contributed by atoms with Crippen molar-refractivity contribution in [3.8, 4) is 0 Å². The predicted octanol–water partition coefficient (Wildman–Crippen LogP) is 2.22. The smallest absolute Gasteiger partial charge is 0.417 e. The number of sulfone groups is 1. The summed E-state index contributed by atoms with van der Waals surface area (Å²) in [5.41, 5.74) is -1.52. The normalized spacial score (nSPS) is 13.8. The first-order valence-corrected chi connectivity index (χ1v) is 12.1. The monoisotopic (exact) mass is 494 g/mol. The standard InChI is InChI=1S/C19H21F3N2O6S2/c1-13(18(25)26)24(2)11-10-23-32(29,30)17-12-15(8-9-16(17)19(20,21)22)31(27,28)14-6-4-3-5-7-14/h3-9,12-13,23H,10-11H2,1-2H3,(H,25,26)/t13-/m1/s1. The Bertz CT molecular complexity index is 1180. The minimum absolute atomic E-state index is 0.115. The van der Waals surface area contributed by atoms with Gasteiger partial charge in [-0.25, -0.2) is 21.6 Å². The first-order valence-electron chi connectivity index (χ1n) is 9.12. The molecule has 0 amide bonds. The number of carboxylic acids is 1. The number of aliphatic carboxylic acids is 1. The van der Waals surface area contributed by atoms with Gasteiger partial charge in [0.05, 0.1) is 20.2 Å². The van der Waals surface area contributed by atoms with Crippen molar-refractivity contribution in [3.05, 3.63) is 54.1 Å². The molecule has 13 heteroatoms. The lowest BCUT2D eigenvalue weighted by Gasteiger charge is -2.21. The van der Waals surface area contributed by atoms with Crippen LogP contribution in [0.5, 0.6) is 0 Å². The molecule has 0 saturated carbocycles. The van der Waals surface area contributed by atoms with Crippen molar-refractivity contribution in [2.75, 3.05) is 20.1 Å². The number of rotatable bonds is 9. The zero-order chi connectivity index (χ0) is 24.3. The first kappa shape index (κ1) is 25.8. The van der Waals surface area contributed by atoms with E-state index < -0.39 is 59.9 Å². The summed E-state index contributed by atoms with van der Waals surface area (Å²) in [5.74, 6) is -1.16. The van der Waals surface area contributed by atoms with Gasteiger partial charge in [0.2, 0.25) is 19.9 Å². The number of carbonyl (C=O) groups is 1. The van der Waals surface area contributed by atoms with E-state index in [1.54, 1.807) is 6.07 Å². The molecule has 0 unspecified atom stereocenters. The first-order chi connectivity index (χ1) is 14.7. The second kappa shape index (κ2) is 9.57. The molecular weight excluding hydrogens is 473 g/mol. The van der Waals surface area contributed by atoms with E-state index in [1.165, 1.54) is 43.1 Å². The molecule has 1 atom stereocenters. The molecule has 2 rings (SSSR count). The molecule has 0 aliphatic heterocycles. The molecule has 0 bridgehead atoms. The Labute approximate surface area is 183 Å². The van der Waals surface area contributed by atoms with Crippen molar-refractivity contribution in [2.45, 2.75) is 33.8 Å². The van der Waals surface area contributed by atoms with E-state index in [2.05, 4.69) is 0 Å². The fourth-order valence-corrected chi connectivity index (χ4v) is 5.33. The summed E-state index contributed by atoms with van der Waals surface area (Å²) in [6.45, 7) is 0.843. The zero-order valence-corrected chi connectivity index (χ0v) is 18.6. The van der Waals surface area contributed by atoms with Crippen LogP contribution in [-0.4, -0.2) is 59.0 Å². The number of nitrogens with one attached hydrogen (secondary N) is 1. The number of halogens is 3. The summed E-state index contributed by atoms with van der Waals surface area (Å²) >= 11 is 0. The molecule has 32 heavy (non-hydrogen) atoms. The summed E-state index contributed by atoms with van der Waals surface area (Å²) in [7, 11) is -7.66. The quantitative estimate of drug-likeness (QED) is 0.548. The van der Waals surface area contributed by atoms with Crippen LogP contribution in [0, 0.1) is 0 Å². The third-order valence-corrected chi connectivity index (χ3v) is 7.96. The molecule has 2 N–H and O–H groups in total. The van der Waals surface area contributed by atoms with Crippen molar-refractivity contribution in [1.82, 2.24) is 9.62 Å². The van der Waals surface area contributed by atoms with Gasteiger partial charge in [-0.1, -0.05) is 18.2 Å². The average molecular weight is 495 g/mol. The highest BCUT2D eigenvalue weighted by Crippen LogP contribution is 2.36. The third kappa shape index (κ3) is 5.85. The van der Waals surface area contributed by atoms with Gasteiger partial charge in [-0.2, -0.15) is 13.2 Å². The molecule has 0 aliphatic rings. The second-order valence-electron chi connectivity index (χ2n) is 6.86. The van der Waals surface area contributed by atoms with Crippen molar-refractivity contribution in [2.24, 2.45) is 0 Å². The molecule has 0 heterocycles. The molecule has 0 aromatic heterocycles. The maximum Gasteiger partial charge on any atom is 0.417 e. The molecule has 176 valence electrons. The van der Waals surface area contributed by atoms with Gasteiger partial charge in [0.15, 0.2) is 0 Å². The Morgan fingerprint density at radius 2 is 1.66 bits per heavy atom. The highest BCUT2D eigenvalue weighted by Gasteiger charge is 2.38. The van der Waals surface area contributed by atoms with Gasteiger partial charge in [0.1, 0.15) is 6.04 Å². The Balaban J connectivity index is 2.44. The Morgan fingerprint density at radius 3 is 2.19 bits per heavy atom. The SMILES string of the molecule is C[C@H](C(=O)O)N(C)CCNS(=O)(=O)c1cc(S(=O)(=O)c2ccccc2)ccc1C(F)(F)F. The highest BCUT2D eigenvalue weighted by atomic mass is 32.2. The predicted molar refractivity (Wildman–Crippen MR) is 108 cm³/mol. The van der Waals surface area contributed by atoms with Crippen LogP contribution in [-0.2, 0) is 30.8 Å². The van der Waals surface area contributed by atoms with E-state index in [0.717, 1.165) is 0 Å². The molecule has 2 aromatic carbocycles. The van der Waals surface area contributed by atoms with Crippen molar-refractivity contribution < 1.29 is 39.9 Å². The molecule has 0 aliphatic carbocycles. The molecule has 0 radical (unpaired) electrons. The molecule has 0 saturated heterocycles. The average Bonchev–Trinajstić information content (AvgIpc) is 2.72. The van der Waals surface area contributed by atoms with Crippen LogP contribution in [0.4, 0.5) is 13.2 Å². The summed E-state index contributed by atoms with van der Waals surface area (Å²) < 4.78 is 93.2. The molecule has 2 aromatic rings. The summed E-state index contributed by atoms with van der Waals surface area (Å²) in [5, 5.41) is 8.95. The van der Waals surface area contributed by atoms with Gasteiger partial charge in [0, 0.05) is 13.1 Å². The summed E-state index contributed by atoms with van der Waals surface area (Å²) in [4.78, 5) is 10.2. The lowest BCUT2D eigenvalue weighted by molar-refractivity contribution is -0.142. The lowest BCUT2D eigenvalue weighted by atomic mass is 10.2. The van der Waals surface area contributed by atoms with E-state index in [1.807, 2.05) is 4.72 Å². The fraction of sp³-hybridized carbons (Fsp3) is 0.316. The fourth-order valence-electron chi connectivity index (χ4n) is 2.68. The minimum atomic E-state index is -5.06. The Kier molecular flexibility index (Phi) is 7.71. The number of hydrogen-bond acceptors (Lipinski definition) is 6. The van der Waals surface area contributed by atoms with E-state index in [4.69, 9.17) is 5.11 Å². The van der Waals surface area contributed by atoms with Crippen LogP contribution in [0.1, 0.15) is 12.5 Å². The van der Waals surface area contributed by atoms with E-state index in [0.29, 0.717) is 18.2 Å². The number of carboxylic acid groups (broad SMARTS) is 1. The molecule has 8 nitrogen and oxygen atoms in total. The minimum Gasteiger partial charge on any atom is -0.480 e. The lowest BCUT2D eigenvalue weighted by Crippen LogP contribution is -2.41. The van der Waals surface area contributed by atoms with Crippen LogP contribution < -0.4 is 4.72 Å².